The molecule has 0 aliphatic rings. The van der Waals surface area contributed by atoms with Gasteiger partial charge in [0.1, 0.15) is 11.6 Å². The minimum Gasteiger partial charge on any atom is -0.465 e. The quantitative estimate of drug-likeness (QED) is 0.838. The minimum absolute atomic E-state index is 0.272. The fourth-order valence-electron chi connectivity index (χ4n) is 1.52. The zero-order valence-electron chi connectivity index (χ0n) is 10.3. The van der Waals surface area contributed by atoms with Crippen LogP contribution in [0.1, 0.15) is 16.1 Å². The number of anilines is 1. The Labute approximate surface area is 113 Å². The SMILES string of the molecule is NC(=O)c1cc(NC(=O)/C=C/c2ccco2)ccc1F. The van der Waals surface area contributed by atoms with Crippen LogP contribution in [0.15, 0.2) is 47.1 Å². The van der Waals surface area contributed by atoms with Crippen molar-refractivity contribution in [1.82, 2.24) is 0 Å². The number of nitrogens with two attached hydrogens (primary N) is 1. The van der Waals surface area contributed by atoms with Gasteiger partial charge in [-0.25, -0.2) is 4.39 Å². The smallest absolute Gasteiger partial charge is 0.251 e. The van der Waals surface area contributed by atoms with Crippen LogP contribution >= 0.6 is 0 Å². The monoisotopic (exact) mass is 274 g/mol. The summed E-state index contributed by atoms with van der Waals surface area (Å²) < 4.78 is 18.3. The van der Waals surface area contributed by atoms with Crippen molar-refractivity contribution in [2.45, 2.75) is 0 Å². The summed E-state index contributed by atoms with van der Waals surface area (Å²) >= 11 is 0. The summed E-state index contributed by atoms with van der Waals surface area (Å²) in [5.74, 6) is -1.55. The molecule has 0 aliphatic carbocycles. The van der Waals surface area contributed by atoms with Crippen LogP contribution in [-0.2, 0) is 4.79 Å². The van der Waals surface area contributed by atoms with Gasteiger partial charge < -0.3 is 15.5 Å². The Balaban J connectivity index is 2.08. The highest BCUT2D eigenvalue weighted by atomic mass is 19.1. The van der Waals surface area contributed by atoms with Crippen LogP contribution in [0.25, 0.3) is 6.08 Å². The Hall–Kier alpha value is -2.89. The van der Waals surface area contributed by atoms with Crippen molar-refractivity contribution in [2.24, 2.45) is 5.73 Å². The molecule has 2 amide bonds. The van der Waals surface area contributed by atoms with Gasteiger partial charge in [0.2, 0.25) is 5.91 Å². The lowest BCUT2D eigenvalue weighted by atomic mass is 10.2. The average molecular weight is 274 g/mol. The minimum atomic E-state index is -0.898. The van der Waals surface area contributed by atoms with Gasteiger partial charge in [0.15, 0.2) is 0 Å². The first-order valence-electron chi connectivity index (χ1n) is 5.68. The molecule has 0 atom stereocenters. The van der Waals surface area contributed by atoms with Crippen molar-refractivity contribution in [3.8, 4) is 0 Å². The average Bonchev–Trinajstić information content (AvgIpc) is 2.91. The summed E-state index contributed by atoms with van der Waals surface area (Å²) in [7, 11) is 0. The molecular weight excluding hydrogens is 263 g/mol. The Morgan fingerprint density at radius 3 is 2.75 bits per heavy atom. The third-order valence-corrected chi connectivity index (χ3v) is 2.44. The lowest BCUT2D eigenvalue weighted by Gasteiger charge is -2.04. The number of amides is 2. The van der Waals surface area contributed by atoms with E-state index >= 15 is 0 Å². The predicted molar refractivity (Wildman–Crippen MR) is 71.3 cm³/mol. The molecule has 0 fully saturated rings. The van der Waals surface area contributed by atoms with E-state index in [1.807, 2.05) is 0 Å². The number of benzene rings is 1. The number of rotatable bonds is 4. The number of furan rings is 1. The molecule has 0 saturated heterocycles. The van der Waals surface area contributed by atoms with Crippen molar-refractivity contribution >= 4 is 23.6 Å². The molecule has 1 heterocycles. The Morgan fingerprint density at radius 1 is 1.30 bits per heavy atom. The highest BCUT2D eigenvalue weighted by Crippen LogP contribution is 2.14. The Morgan fingerprint density at radius 2 is 2.10 bits per heavy atom. The third kappa shape index (κ3) is 3.32. The van der Waals surface area contributed by atoms with Gasteiger partial charge in [-0.3, -0.25) is 9.59 Å². The van der Waals surface area contributed by atoms with Gasteiger partial charge in [-0.15, -0.1) is 0 Å². The van der Waals surface area contributed by atoms with E-state index < -0.39 is 17.6 Å². The largest absolute Gasteiger partial charge is 0.465 e. The summed E-state index contributed by atoms with van der Waals surface area (Å²) in [6.45, 7) is 0. The van der Waals surface area contributed by atoms with Crippen LogP contribution in [0.5, 0.6) is 0 Å². The van der Waals surface area contributed by atoms with E-state index in [4.69, 9.17) is 10.2 Å². The molecule has 6 heteroatoms. The van der Waals surface area contributed by atoms with E-state index in [-0.39, 0.29) is 11.3 Å². The van der Waals surface area contributed by atoms with Crippen LogP contribution in [0.2, 0.25) is 0 Å². The van der Waals surface area contributed by atoms with Crippen LogP contribution in [0.3, 0.4) is 0 Å². The second-order valence-corrected chi connectivity index (χ2v) is 3.90. The number of carbonyl (C=O) groups excluding carboxylic acids is 2. The zero-order chi connectivity index (χ0) is 14.5. The highest BCUT2D eigenvalue weighted by molar-refractivity contribution is 6.02. The van der Waals surface area contributed by atoms with Gasteiger partial charge in [0.05, 0.1) is 11.8 Å². The summed E-state index contributed by atoms with van der Waals surface area (Å²) in [6, 6.07) is 6.95. The van der Waals surface area contributed by atoms with E-state index in [1.165, 1.54) is 30.5 Å². The molecule has 2 rings (SSSR count). The van der Waals surface area contributed by atoms with Crippen molar-refractivity contribution < 1.29 is 18.4 Å². The van der Waals surface area contributed by atoms with E-state index in [1.54, 1.807) is 12.1 Å². The molecule has 0 spiro atoms. The normalized spacial score (nSPS) is 10.7. The van der Waals surface area contributed by atoms with Gasteiger partial charge in [-0.2, -0.15) is 0 Å². The molecule has 1 aromatic carbocycles. The lowest BCUT2D eigenvalue weighted by Crippen LogP contribution is -2.14. The first kappa shape index (κ1) is 13.5. The van der Waals surface area contributed by atoms with E-state index in [9.17, 15) is 14.0 Å². The lowest BCUT2D eigenvalue weighted by molar-refractivity contribution is -0.111. The molecule has 3 N–H and O–H groups in total. The van der Waals surface area contributed by atoms with Gasteiger partial charge in [0.25, 0.3) is 5.91 Å². The topological polar surface area (TPSA) is 85.3 Å². The van der Waals surface area contributed by atoms with Crippen molar-refractivity contribution in [1.29, 1.82) is 0 Å². The first-order valence-corrected chi connectivity index (χ1v) is 5.68. The van der Waals surface area contributed by atoms with Crippen LogP contribution in [0, 0.1) is 5.82 Å². The van der Waals surface area contributed by atoms with Crippen LogP contribution in [-0.4, -0.2) is 11.8 Å². The number of primary amides is 1. The summed E-state index contributed by atoms with van der Waals surface area (Å²) in [5.41, 5.74) is 5.01. The Bertz CT molecular complexity index is 663. The van der Waals surface area contributed by atoms with Crippen molar-refractivity contribution in [2.75, 3.05) is 5.32 Å². The zero-order valence-corrected chi connectivity index (χ0v) is 10.3. The summed E-state index contributed by atoms with van der Waals surface area (Å²) in [6.07, 6.45) is 4.22. The molecular formula is C14H11FN2O3. The molecule has 1 aromatic heterocycles. The third-order valence-electron chi connectivity index (χ3n) is 2.44. The number of halogens is 1. The molecule has 5 nitrogen and oxygen atoms in total. The van der Waals surface area contributed by atoms with Gasteiger partial charge in [-0.05, 0) is 36.4 Å². The standard InChI is InChI=1S/C14H11FN2O3/c15-12-5-3-9(8-11(12)14(16)19)17-13(18)6-4-10-2-1-7-20-10/h1-8H,(H2,16,19)(H,17,18)/b6-4+. The van der Waals surface area contributed by atoms with Crippen molar-refractivity contribution in [3.05, 3.63) is 59.8 Å². The maximum absolute atomic E-state index is 13.3. The molecule has 2 aromatic rings. The van der Waals surface area contributed by atoms with Crippen LogP contribution < -0.4 is 11.1 Å². The number of hydrogen-bond donors (Lipinski definition) is 2. The van der Waals surface area contributed by atoms with Crippen molar-refractivity contribution in [3.63, 3.8) is 0 Å². The van der Waals surface area contributed by atoms with E-state index in [2.05, 4.69) is 5.32 Å². The predicted octanol–water partition coefficient (Wildman–Crippen LogP) is 2.17. The number of nitrogens with one attached hydrogen (secondary N) is 1. The highest BCUT2D eigenvalue weighted by Gasteiger charge is 2.09. The van der Waals surface area contributed by atoms with E-state index in [0.29, 0.717) is 5.76 Å². The summed E-state index contributed by atoms with van der Waals surface area (Å²) in [4.78, 5) is 22.6. The second kappa shape index (κ2) is 5.83. The summed E-state index contributed by atoms with van der Waals surface area (Å²) in [5, 5.41) is 2.48. The molecule has 0 aliphatic heterocycles. The van der Waals surface area contributed by atoms with Crippen LogP contribution in [0.4, 0.5) is 10.1 Å². The molecule has 0 radical (unpaired) electrons. The van der Waals surface area contributed by atoms with E-state index in [0.717, 1.165) is 6.07 Å². The number of carbonyl (C=O) groups is 2. The maximum Gasteiger partial charge on any atom is 0.251 e. The van der Waals surface area contributed by atoms with Gasteiger partial charge in [-0.1, -0.05) is 0 Å². The second-order valence-electron chi connectivity index (χ2n) is 3.90. The molecule has 20 heavy (non-hydrogen) atoms. The fourth-order valence-corrected chi connectivity index (χ4v) is 1.52. The first-order chi connectivity index (χ1) is 9.56. The van der Waals surface area contributed by atoms with Gasteiger partial charge in [0, 0.05) is 11.8 Å². The molecule has 0 bridgehead atoms. The Kier molecular flexibility index (Phi) is 3.95. The maximum atomic E-state index is 13.3. The molecule has 0 unspecified atom stereocenters. The fraction of sp³-hybridized carbons (Fsp3) is 0. The molecule has 102 valence electrons. The van der Waals surface area contributed by atoms with Gasteiger partial charge >= 0.3 is 0 Å². The molecule has 0 saturated carbocycles. The number of hydrogen-bond acceptors (Lipinski definition) is 3.